The lowest BCUT2D eigenvalue weighted by Crippen LogP contribution is -2.70. The molecular weight excluding hydrogens is 1230 g/mol. The molecule has 4 saturated carbocycles. The van der Waals surface area contributed by atoms with Crippen LogP contribution in [0.1, 0.15) is 126 Å². The van der Waals surface area contributed by atoms with Gasteiger partial charge in [0.15, 0.2) is 43.2 Å². The molecule has 530 valence electrons. The molecule has 0 radical (unpaired) electrons. The summed E-state index contributed by atoms with van der Waals surface area (Å²) in [5, 5.41) is 156. The molecule has 29 heteroatoms. The van der Waals surface area contributed by atoms with Crippen molar-refractivity contribution >= 4 is 17.7 Å². The zero-order valence-corrected chi connectivity index (χ0v) is 54.1. The summed E-state index contributed by atoms with van der Waals surface area (Å²) in [6.07, 6.45) is -33.7. The molecule has 0 aromatic carbocycles. The van der Waals surface area contributed by atoms with Gasteiger partial charge in [-0.05, 0) is 111 Å². The normalized spacial score (nSPS) is 53.9. The number of carbonyl (C=O) groups is 3. The largest absolute Gasteiger partial charge is 0.454 e. The molecule has 33 atom stereocenters. The quantitative estimate of drug-likeness (QED) is 0.0704. The van der Waals surface area contributed by atoms with Crippen molar-refractivity contribution in [3.05, 3.63) is 11.6 Å². The molecule has 14 N–H and O–H groups in total. The molecule has 0 spiro atoms. The zero-order chi connectivity index (χ0) is 67.6. The van der Waals surface area contributed by atoms with Crippen LogP contribution in [-0.4, -0.2) is 282 Å². The van der Waals surface area contributed by atoms with E-state index < -0.39 is 244 Å². The lowest BCUT2D eigenvalue weighted by molar-refractivity contribution is -0.378. The predicted molar refractivity (Wildman–Crippen MR) is 311 cm³/mol. The Hall–Kier alpha value is -2.61. The second-order valence-electron chi connectivity index (χ2n) is 30.9. The Balaban J connectivity index is 0.879. The highest BCUT2D eigenvalue weighted by Crippen LogP contribution is 2.76. The molecule has 5 aliphatic carbocycles. The molecule has 29 nitrogen and oxygen atoms in total. The number of carbonyl (C=O) groups excluding carboxylic acids is 3. The molecule has 11 aliphatic rings. The average Bonchev–Trinajstić information content (AvgIpc) is 0.676. The van der Waals surface area contributed by atoms with E-state index in [1.807, 2.05) is 6.92 Å². The molecular formula is C64H100O29. The summed E-state index contributed by atoms with van der Waals surface area (Å²) in [6.45, 7) is 12.7. The average molecular weight is 1330 g/mol. The first-order valence-corrected chi connectivity index (χ1v) is 33.0. The fourth-order valence-corrected chi connectivity index (χ4v) is 18.7. The molecule has 0 aromatic heterocycles. The number of aliphatic hydroxyl groups excluding tert-OH is 13. The minimum absolute atomic E-state index is 0.147. The second-order valence-corrected chi connectivity index (χ2v) is 30.9. The highest BCUT2D eigenvalue weighted by Gasteiger charge is 2.72. The van der Waals surface area contributed by atoms with Gasteiger partial charge >= 0.3 is 11.9 Å². The van der Waals surface area contributed by atoms with Gasteiger partial charge in [-0.3, -0.25) is 14.4 Å². The standard InChI is InChI=1S/C64H100O29/c1-27-39(72)47(89-52-45(78)40(73)32(68)23-83-52)46(79)53(86-27)90-49-42(75)34(70)25-85-55(49)93-57(80)64-15-13-58(2,3)18-30(64)29-9-10-37-60(5)19-31(67)51-61(6,36(60)11-12-63(37,8)62(29,7)14-16-64)26-82-22-28(66)17-59(4,81)20-38(71)88-48-41(74)33(69)24-84-54(48)91-50-44(77)43(76)35(21-65)87-56(50)92-51/h9,27,30-37,39-56,65,67-70,72-79,81H,10-26H2,1-8H3/t27?,30-,31-,32+,33-,34?,35?,36?,37?,39-,40+,41?,42?,43+,44+,45?,46?,47-,48?,49?,50?,51-,52?,53?,54-,55?,56-,59+,60-,61-,62+,63+,64-/m0/s1. The number of Topliss-reactive ketones (excluding diaryl/α,β-unsaturated/α-hetero) is 1. The summed E-state index contributed by atoms with van der Waals surface area (Å²) in [4.78, 5) is 42.8. The van der Waals surface area contributed by atoms with Crippen molar-refractivity contribution in [2.24, 2.45) is 50.2 Å². The molecule has 6 saturated heterocycles. The molecule has 10 fully saturated rings. The molecule has 0 bridgehead atoms. The number of fused-ring (bicyclic) bond motifs is 11. The Kier molecular flexibility index (Phi) is 20.4. The van der Waals surface area contributed by atoms with Crippen LogP contribution in [0, 0.1) is 50.2 Å². The maximum absolute atomic E-state index is 15.6. The number of rotatable bonds is 7. The third kappa shape index (κ3) is 12.8. The number of ketones is 1. The number of ether oxygens (including phenoxy) is 12. The van der Waals surface area contributed by atoms with Crippen molar-refractivity contribution in [1.82, 2.24) is 0 Å². The zero-order valence-electron chi connectivity index (χ0n) is 54.1. The van der Waals surface area contributed by atoms with Gasteiger partial charge < -0.3 is 128 Å². The van der Waals surface area contributed by atoms with E-state index in [1.54, 1.807) is 0 Å². The number of hydrogen-bond acceptors (Lipinski definition) is 29. The van der Waals surface area contributed by atoms with Crippen molar-refractivity contribution < 1.29 is 143 Å². The van der Waals surface area contributed by atoms with Gasteiger partial charge in [0.05, 0.1) is 68.8 Å². The maximum atomic E-state index is 15.6. The summed E-state index contributed by atoms with van der Waals surface area (Å²) in [7, 11) is 0. The van der Waals surface area contributed by atoms with Gasteiger partial charge in [0.25, 0.3) is 0 Å². The SMILES string of the molecule is CC1OC(OC2C(OC(=O)[C@]34CCC(C)(C)C[C@H]3C3=CCC5[C@@]6(C)C[C@H](O)[C@@H]7O[C@@H]8OC(CO)[C@@H](O)[C@@H](O)C8O[C@@H]8OC[C@H](O)C(O)C8OC(=O)C[C@](C)(O)CC(=O)COC[C@@]7(C)C6CC[C@@]5(C)[C@]3(C)CC4)OCC(O)C2O)C(O)[C@@H](OC2OC[C@@H](O)[C@@H](O)C2O)[C@H]1O. The number of allylic oxidation sites excluding steroid dienone is 2. The van der Waals surface area contributed by atoms with E-state index in [9.17, 15) is 81.1 Å². The molecule has 15 unspecified atom stereocenters. The summed E-state index contributed by atoms with van der Waals surface area (Å²) >= 11 is 0. The highest BCUT2D eigenvalue weighted by atomic mass is 16.8. The Morgan fingerprint density at radius 2 is 1.26 bits per heavy atom. The van der Waals surface area contributed by atoms with E-state index in [0.717, 1.165) is 5.57 Å². The third-order valence-corrected chi connectivity index (χ3v) is 24.1. The van der Waals surface area contributed by atoms with E-state index >= 15 is 4.79 Å². The topological polar surface area (TPSA) is 445 Å². The first kappa shape index (κ1) is 71.7. The molecule has 6 heterocycles. The fourth-order valence-electron chi connectivity index (χ4n) is 18.7. The van der Waals surface area contributed by atoms with Crippen LogP contribution in [0.2, 0.25) is 0 Å². The minimum atomic E-state index is -1.99. The molecule has 0 amide bonds. The van der Waals surface area contributed by atoms with Gasteiger partial charge in [-0.2, -0.15) is 0 Å². The number of aliphatic hydroxyl groups is 14. The van der Waals surface area contributed by atoms with Crippen molar-refractivity contribution in [3.8, 4) is 0 Å². The summed E-state index contributed by atoms with van der Waals surface area (Å²) in [6, 6.07) is 0. The molecule has 93 heavy (non-hydrogen) atoms. The number of esters is 2. The summed E-state index contributed by atoms with van der Waals surface area (Å²) < 4.78 is 72.6. The van der Waals surface area contributed by atoms with Crippen LogP contribution in [0.5, 0.6) is 0 Å². The van der Waals surface area contributed by atoms with Crippen LogP contribution in [0.3, 0.4) is 0 Å². The smallest absolute Gasteiger partial charge is 0.315 e. The predicted octanol–water partition coefficient (Wildman–Crippen LogP) is -2.63. The highest BCUT2D eigenvalue weighted by molar-refractivity contribution is 5.82. The Morgan fingerprint density at radius 1 is 0.602 bits per heavy atom. The van der Waals surface area contributed by atoms with E-state index in [0.29, 0.717) is 51.4 Å². The van der Waals surface area contributed by atoms with Crippen LogP contribution in [0.15, 0.2) is 11.6 Å². The van der Waals surface area contributed by atoms with Gasteiger partial charge in [0, 0.05) is 11.8 Å². The van der Waals surface area contributed by atoms with E-state index in [2.05, 4.69) is 40.7 Å². The number of hydrogen-bond donors (Lipinski definition) is 14. The van der Waals surface area contributed by atoms with Crippen LogP contribution in [-0.2, 0) is 71.2 Å². The second kappa shape index (κ2) is 26.5. The fraction of sp³-hybridized carbons (Fsp3) is 0.922. The summed E-state index contributed by atoms with van der Waals surface area (Å²) in [5.41, 5.74) is -5.27. The third-order valence-electron chi connectivity index (χ3n) is 24.1. The van der Waals surface area contributed by atoms with Gasteiger partial charge in [0.2, 0.25) is 6.29 Å². The van der Waals surface area contributed by atoms with E-state index in [4.69, 9.17) is 56.8 Å². The first-order valence-electron chi connectivity index (χ1n) is 33.0. The van der Waals surface area contributed by atoms with E-state index in [-0.39, 0.29) is 36.2 Å². The van der Waals surface area contributed by atoms with Gasteiger partial charge in [-0.25, -0.2) is 0 Å². The van der Waals surface area contributed by atoms with Crippen LogP contribution in [0.4, 0.5) is 0 Å². The minimum Gasteiger partial charge on any atom is -0.454 e. The van der Waals surface area contributed by atoms with Crippen molar-refractivity contribution in [3.63, 3.8) is 0 Å². The van der Waals surface area contributed by atoms with Crippen LogP contribution in [0.25, 0.3) is 0 Å². The Labute approximate surface area is 539 Å². The lowest BCUT2D eigenvalue weighted by atomic mass is 9.33. The van der Waals surface area contributed by atoms with Crippen LogP contribution >= 0.6 is 0 Å². The Bertz CT molecular complexity index is 2720. The van der Waals surface area contributed by atoms with Crippen molar-refractivity contribution in [2.75, 3.05) is 39.6 Å². The lowest BCUT2D eigenvalue weighted by Gasteiger charge is -2.72. The Morgan fingerprint density at radius 3 is 1.97 bits per heavy atom. The monoisotopic (exact) mass is 1330 g/mol. The summed E-state index contributed by atoms with van der Waals surface area (Å²) in [5.74, 6) is -3.17. The van der Waals surface area contributed by atoms with Crippen LogP contribution < -0.4 is 0 Å². The maximum Gasteiger partial charge on any atom is 0.315 e. The molecule has 6 aliphatic heterocycles. The molecule has 11 rings (SSSR count). The van der Waals surface area contributed by atoms with Crippen molar-refractivity contribution in [1.29, 1.82) is 0 Å². The van der Waals surface area contributed by atoms with E-state index in [1.165, 1.54) is 13.8 Å². The van der Waals surface area contributed by atoms with Crippen molar-refractivity contribution in [2.45, 2.75) is 279 Å². The molecule has 0 aromatic rings. The van der Waals surface area contributed by atoms with Gasteiger partial charge in [-0.1, -0.05) is 53.2 Å². The first-order chi connectivity index (χ1) is 43.5. The van der Waals surface area contributed by atoms with Gasteiger partial charge in [-0.15, -0.1) is 0 Å². The van der Waals surface area contributed by atoms with Gasteiger partial charge in [0.1, 0.15) is 92.1 Å².